The topological polar surface area (TPSA) is 18.5 Å². The molecule has 0 unspecified atom stereocenters. The molecule has 4 bridgehead atoms. The molecule has 0 amide bonds. The normalized spacial score (nSPS) is 14.2. The van der Waals surface area contributed by atoms with Gasteiger partial charge >= 0.3 is 0 Å². The first-order chi connectivity index (χ1) is 14.8. The van der Waals surface area contributed by atoms with Crippen LogP contribution in [0.3, 0.4) is 0 Å². The predicted octanol–water partition coefficient (Wildman–Crippen LogP) is 7.19. The molecule has 152 valence electrons. The van der Waals surface area contributed by atoms with Gasteiger partial charge < -0.3 is 9.47 Å². The second-order valence-electron chi connectivity index (χ2n) is 7.53. The van der Waals surface area contributed by atoms with Gasteiger partial charge in [-0.05, 0) is 34.0 Å². The second-order valence-corrected chi connectivity index (χ2v) is 9.50. The molecular formula is C26H24O2S2. The Hall–Kier alpha value is -2.30. The van der Waals surface area contributed by atoms with Crippen LogP contribution in [-0.4, -0.2) is 14.2 Å². The zero-order valence-electron chi connectivity index (χ0n) is 17.2. The quantitative estimate of drug-likeness (QED) is 0.333. The van der Waals surface area contributed by atoms with Crippen LogP contribution in [0.2, 0.25) is 0 Å². The Morgan fingerprint density at radius 1 is 0.533 bits per heavy atom. The number of methoxy groups -OCH3 is 2. The van der Waals surface area contributed by atoms with Gasteiger partial charge in [-0.1, -0.05) is 48.5 Å². The van der Waals surface area contributed by atoms with Crippen LogP contribution in [-0.2, 0) is 23.0 Å². The number of fused-ring (bicyclic) bond motifs is 8. The number of thioether (sulfide) groups is 2. The maximum absolute atomic E-state index is 5.86. The van der Waals surface area contributed by atoms with Crippen molar-refractivity contribution in [2.24, 2.45) is 0 Å². The summed E-state index contributed by atoms with van der Waals surface area (Å²) in [6.45, 7) is 0. The highest BCUT2D eigenvalue weighted by atomic mass is 32.2. The van der Waals surface area contributed by atoms with Gasteiger partial charge in [0.1, 0.15) is 11.5 Å². The Balaban J connectivity index is 1.63. The lowest BCUT2D eigenvalue weighted by atomic mass is 10.0. The molecule has 1 heterocycles. The zero-order valence-corrected chi connectivity index (χ0v) is 18.9. The fourth-order valence-corrected chi connectivity index (χ4v) is 6.44. The van der Waals surface area contributed by atoms with E-state index in [9.17, 15) is 0 Å². The molecule has 30 heavy (non-hydrogen) atoms. The molecule has 5 rings (SSSR count). The highest BCUT2D eigenvalue weighted by molar-refractivity contribution is 7.98. The molecule has 0 saturated heterocycles. The Kier molecular flexibility index (Phi) is 5.53. The highest BCUT2D eigenvalue weighted by Gasteiger charge is 2.17. The molecule has 1 aliphatic rings. The van der Waals surface area contributed by atoms with Crippen LogP contribution in [0.4, 0.5) is 0 Å². The lowest BCUT2D eigenvalue weighted by Crippen LogP contribution is -1.99. The van der Waals surface area contributed by atoms with E-state index >= 15 is 0 Å². The summed E-state index contributed by atoms with van der Waals surface area (Å²) in [5.74, 6) is 5.81. The number of benzene rings is 4. The van der Waals surface area contributed by atoms with Crippen LogP contribution in [0.25, 0.3) is 21.5 Å². The first-order valence-corrected chi connectivity index (χ1v) is 12.4. The molecule has 4 aromatic rings. The van der Waals surface area contributed by atoms with Crippen LogP contribution < -0.4 is 9.47 Å². The van der Waals surface area contributed by atoms with E-state index in [1.807, 2.05) is 23.5 Å². The van der Waals surface area contributed by atoms with Gasteiger partial charge in [-0.15, -0.1) is 0 Å². The Morgan fingerprint density at radius 3 is 1.30 bits per heavy atom. The number of rotatable bonds is 2. The van der Waals surface area contributed by atoms with Crippen molar-refractivity contribution in [1.29, 1.82) is 0 Å². The average molecular weight is 433 g/mol. The molecule has 2 nitrogen and oxygen atoms in total. The van der Waals surface area contributed by atoms with Gasteiger partial charge in [0.05, 0.1) is 14.2 Å². The van der Waals surface area contributed by atoms with E-state index in [1.165, 1.54) is 43.8 Å². The van der Waals surface area contributed by atoms with E-state index in [-0.39, 0.29) is 0 Å². The fraction of sp³-hybridized carbons (Fsp3) is 0.231. The summed E-state index contributed by atoms with van der Waals surface area (Å²) in [6, 6.07) is 22.0. The third-order valence-corrected chi connectivity index (χ3v) is 7.81. The van der Waals surface area contributed by atoms with Crippen molar-refractivity contribution >= 4 is 45.1 Å². The molecule has 0 N–H and O–H groups in total. The summed E-state index contributed by atoms with van der Waals surface area (Å²) in [4.78, 5) is 0. The van der Waals surface area contributed by atoms with Gasteiger partial charge in [0.25, 0.3) is 0 Å². The van der Waals surface area contributed by atoms with E-state index in [4.69, 9.17) is 9.47 Å². The molecular weight excluding hydrogens is 408 g/mol. The summed E-state index contributed by atoms with van der Waals surface area (Å²) >= 11 is 3.90. The highest BCUT2D eigenvalue weighted by Crippen LogP contribution is 2.40. The fourth-order valence-electron chi connectivity index (χ4n) is 4.45. The molecule has 4 aromatic carbocycles. The van der Waals surface area contributed by atoms with E-state index in [2.05, 4.69) is 60.7 Å². The van der Waals surface area contributed by atoms with Crippen molar-refractivity contribution in [2.45, 2.75) is 23.0 Å². The van der Waals surface area contributed by atoms with E-state index in [0.29, 0.717) is 0 Å². The van der Waals surface area contributed by atoms with Crippen molar-refractivity contribution in [3.8, 4) is 11.5 Å². The van der Waals surface area contributed by atoms with Crippen molar-refractivity contribution < 1.29 is 9.47 Å². The first-order valence-electron chi connectivity index (χ1n) is 10.1. The van der Waals surface area contributed by atoms with E-state index in [1.54, 1.807) is 14.2 Å². The standard InChI is InChI=1S/C26H24O2S2/c1-27-25-19-11-17(21-7-3-5-9-23(21)25)13-29-14-18-12-20(16-30-15-19)26(28-2)24-10-6-4-8-22(18)24/h3-12H,13-16H2,1-2H3. The molecule has 0 fully saturated rings. The maximum Gasteiger partial charge on any atom is 0.130 e. The van der Waals surface area contributed by atoms with Crippen molar-refractivity contribution in [1.82, 2.24) is 0 Å². The Labute approximate surface area is 186 Å². The molecule has 0 spiro atoms. The van der Waals surface area contributed by atoms with Crippen LogP contribution in [0, 0.1) is 0 Å². The van der Waals surface area contributed by atoms with Crippen molar-refractivity contribution in [3.63, 3.8) is 0 Å². The zero-order chi connectivity index (χ0) is 20.5. The van der Waals surface area contributed by atoms with Crippen LogP contribution >= 0.6 is 23.5 Å². The van der Waals surface area contributed by atoms with Crippen molar-refractivity contribution in [3.05, 3.63) is 82.9 Å². The molecule has 0 atom stereocenters. The summed E-state index contributed by atoms with van der Waals surface area (Å²) in [7, 11) is 3.57. The SMILES string of the molecule is COc1c2cc(c3ccccc13)CSCc1cc(c(OC)c3ccccc13)CSC2. The number of ether oxygens (including phenoxy) is 2. The minimum Gasteiger partial charge on any atom is -0.496 e. The summed E-state index contributed by atoms with van der Waals surface area (Å²) in [5.41, 5.74) is 5.34. The molecule has 0 aliphatic carbocycles. The lowest BCUT2D eigenvalue weighted by Gasteiger charge is -2.19. The monoisotopic (exact) mass is 432 g/mol. The van der Waals surface area contributed by atoms with Gasteiger partial charge in [-0.25, -0.2) is 0 Å². The third kappa shape index (κ3) is 3.42. The van der Waals surface area contributed by atoms with Crippen LogP contribution in [0.5, 0.6) is 11.5 Å². The predicted molar refractivity (Wildman–Crippen MR) is 131 cm³/mol. The minimum absolute atomic E-state index is 0.914. The van der Waals surface area contributed by atoms with Gasteiger partial charge in [-0.3, -0.25) is 0 Å². The maximum atomic E-state index is 5.86. The number of hydrogen-bond donors (Lipinski definition) is 0. The molecule has 1 aliphatic heterocycles. The number of hydrogen-bond acceptors (Lipinski definition) is 4. The Bertz CT molecular complexity index is 1140. The third-order valence-electron chi connectivity index (χ3n) is 5.75. The van der Waals surface area contributed by atoms with Crippen molar-refractivity contribution in [2.75, 3.05) is 14.2 Å². The molecule has 0 saturated carbocycles. The first kappa shape index (κ1) is 19.7. The second kappa shape index (κ2) is 8.44. The smallest absolute Gasteiger partial charge is 0.130 e. The van der Waals surface area contributed by atoms with Crippen LogP contribution in [0.1, 0.15) is 22.3 Å². The molecule has 0 radical (unpaired) electrons. The summed E-state index contributed by atoms with van der Waals surface area (Å²) < 4.78 is 11.7. The van der Waals surface area contributed by atoms with Crippen LogP contribution in [0.15, 0.2) is 60.7 Å². The largest absolute Gasteiger partial charge is 0.496 e. The summed E-state index contributed by atoms with van der Waals surface area (Å²) in [6.07, 6.45) is 0. The molecule has 0 aromatic heterocycles. The minimum atomic E-state index is 0.914. The lowest BCUT2D eigenvalue weighted by molar-refractivity contribution is 0.416. The summed E-state index contributed by atoms with van der Waals surface area (Å²) in [5, 5.41) is 5.03. The van der Waals surface area contributed by atoms with Gasteiger partial charge in [0, 0.05) is 44.9 Å². The van der Waals surface area contributed by atoms with E-state index in [0.717, 1.165) is 34.5 Å². The van der Waals surface area contributed by atoms with Gasteiger partial charge in [0.2, 0.25) is 0 Å². The average Bonchev–Trinajstić information content (AvgIpc) is 2.78. The van der Waals surface area contributed by atoms with Gasteiger partial charge in [-0.2, -0.15) is 23.5 Å². The van der Waals surface area contributed by atoms with Gasteiger partial charge in [0.15, 0.2) is 0 Å². The molecule has 4 heteroatoms. The van der Waals surface area contributed by atoms with E-state index < -0.39 is 0 Å². The Morgan fingerprint density at radius 2 is 0.900 bits per heavy atom.